The maximum Gasteiger partial charge on any atom is 0.141 e. The van der Waals surface area contributed by atoms with Crippen LogP contribution in [0.4, 0.5) is 4.39 Å². The van der Waals surface area contributed by atoms with Gasteiger partial charge in [-0.3, -0.25) is 4.98 Å². The van der Waals surface area contributed by atoms with Crippen LogP contribution in [0.25, 0.3) is 0 Å². The molecule has 2 rings (SSSR count). The van der Waals surface area contributed by atoms with E-state index in [2.05, 4.69) is 20.9 Å². The summed E-state index contributed by atoms with van der Waals surface area (Å²) in [6.45, 7) is 2.35. The summed E-state index contributed by atoms with van der Waals surface area (Å²) in [5.41, 5.74) is 7.14. The van der Waals surface area contributed by atoms with Crippen molar-refractivity contribution in [1.82, 2.24) is 4.98 Å². The molecule has 1 aromatic heterocycles. The maximum atomic E-state index is 14.3. The number of pyridine rings is 1. The lowest BCUT2D eigenvalue weighted by molar-refractivity contribution is 0.448. The molecule has 1 unspecified atom stereocenters. The van der Waals surface area contributed by atoms with E-state index in [9.17, 15) is 4.39 Å². The van der Waals surface area contributed by atoms with Gasteiger partial charge in [0.2, 0.25) is 0 Å². The molecule has 1 atom stereocenters. The van der Waals surface area contributed by atoms with Crippen LogP contribution in [-0.4, -0.2) is 11.5 Å². The molecule has 0 fully saturated rings. The molecule has 0 spiro atoms. The minimum Gasteiger partial charge on any atom is -0.330 e. The highest BCUT2D eigenvalue weighted by Gasteiger charge is 2.29. The van der Waals surface area contributed by atoms with Gasteiger partial charge in [-0.1, -0.05) is 25.1 Å². The van der Waals surface area contributed by atoms with E-state index in [4.69, 9.17) is 5.73 Å². The Morgan fingerprint density at radius 3 is 2.74 bits per heavy atom. The number of rotatable bonds is 4. The lowest BCUT2D eigenvalue weighted by Gasteiger charge is -2.29. The SMILES string of the molecule is CC(CN)(Cc1cccnc1)c1cccc(Br)c1F. The van der Waals surface area contributed by atoms with Gasteiger partial charge in [-0.25, -0.2) is 4.39 Å². The number of nitrogens with zero attached hydrogens (tertiary/aromatic N) is 1. The summed E-state index contributed by atoms with van der Waals surface area (Å²) in [6.07, 6.45) is 4.18. The summed E-state index contributed by atoms with van der Waals surface area (Å²) >= 11 is 3.22. The number of nitrogens with two attached hydrogens (primary N) is 1. The van der Waals surface area contributed by atoms with E-state index < -0.39 is 5.41 Å². The molecule has 0 radical (unpaired) electrons. The average Bonchev–Trinajstić information content (AvgIpc) is 2.43. The Balaban J connectivity index is 2.40. The molecule has 0 aliphatic rings. The van der Waals surface area contributed by atoms with Crippen LogP contribution in [0.1, 0.15) is 18.1 Å². The van der Waals surface area contributed by atoms with Gasteiger partial charge in [0.15, 0.2) is 0 Å². The zero-order valence-corrected chi connectivity index (χ0v) is 12.3. The Morgan fingerprint density at radius 1 is 1.32 bits per heavy atom. The van der Waals surface area contributed by atoms with E-state index in [1.165, 1.54) is 0 Å². The monoisotopic (exact) mass is 322 g/mol. The molecule has 0 saturated heterocycles. The molecule has 0 bridgehead atoms. The molecule has 4 heteroatoms. The summed E-state index contributed by atoms with van der Waals surface area (Å²) in [4.78, 5) is 4.09. The van der Waals surface area contributed by atoms with E-state index >= 15 is 0 Å². The first-order valence-electron chi connectivity index (χ1n) is 6.10. The second-order valence-corrected chi connectivity index (χ2v) is 5.76. The van der Waals surface area contributed by atoms with Gasteiger partial charge in [-0.2, -0.15) is 0 Å². The van der Waals surface area contributed by atoms with Crippen molar-refractivity contribution in [3.8, 4) is 0 Å². The Bertz CT molecular complexity index is 559. The van der Waals surface area contributed by atoms with Crippen molar-refractivity contribution >= 4 is 15.9 Å². The van der Waals surface area contributed by atoms with E-state index in [0.29, 0.717) is 23.0 Å². The van der Waals surface area contributed by atoms with Crippen LogP contribution in [-0.2, 0) is 11.8 Å². The standard InChI is InChI=1S/C15H16BrFN2/c1-15(10-18,8-11-4-3-7-19-9-11)12-5-2-6-13(16)14(12)17/h2-7,9H,8,10,18H2,1H3. The van der Waals surface area contributed by atoms with Gasteiger partial charge in [0.05, 0.1) is 4.47 Å². The summed E-state index contributed by atoms with van der Waals surface area (Å²) in [5.74, 6) is -0.237. The molecule has 0 aliphatic carbocycles. The number of hydrogen-bond acceptors (Lipinski definition) is 2. The molecule has 1 heterocycles. The largest absolute Gasteiger partial charge is 0.330 e. The molecule has 2 nitrogen and oxygen atoms in total. The first-order chi connectivity index (χ1) is 9.07. The lowest BCUT2D eigenvalue weighted by Crippen LogP contribution is -2.35. The first kappa shape index (κ1) is 14.2. The number of aromatic nitrogens is 1. The molecule has 100 valence electrons. The van der Waals surface area contributed by atoms with Gasteiger partial charge in [0.1, 0.15) is 5.82 Å². The Kier molecular flexibility index (Phi) is 4.32. The minimum absolute atomic E-state index is 0.237. The van der Waals surface area contributed by atoms with Gasteiger partial charge < -0.3 is 5.73 Å². The van der Waals surface area contributed by atoms with Gasteiger partial charge >= 0.3 is 0 Å². The highest BCUT2D eigenvalue weighted by molar-refractivity contribution is 9.10. The van der Waals surface area contributed by atoms with Crippen LogP contribution >= 0.6 is 15.9 Å². The lowest BCUT2D eigenvalue weighted by atomic mass is 9.77. The van der Waals surface area contributed by atoms with Gasteiger partial charge in [-0.15, -0.1) is 0 Å². The highest BCUT2D eigenvalue weighted by atomic mass is 79.9. The Labute approximate surface area is 121 Å². The van der Waals surface area contributed by atoms with Crippen molar-refractivity contribution in [2.45, 2.75) is 18.8 Å². The molecule has 2 aromatic rings. The minimum atomic E-state index is -0.448. The van der Waals surface area contributed by atoms with Gasteiger partial charge in [0, 0.05) is 24.4 Å². The third-order valence-electron chi connectivity index (χ3n) is 3.37. The maximum absolute atomic E-state index is 14.3. The van der Waals surface area contributed by atoms with Crippen LogP contribution in [0.3, 0.4) is 0 Å². The predicted molar refractivity (Wildman–Crippen MR) is 78.4 cm³/mol. The van der Waals surface area contributed by atoms with Crippen LogP contribution in [0.15, 0.2) is 47.2 Å². The quantitative estimate of drug-likeness (QED) is 0.936. The predicted octanol–water partition coefficient (Wildman–Crippen LogP) is 3.44. The van der Waals surface area contributed by atoms with E-state index in [0.717, 1.165) is 5.56 Å². The Morgan fingerprint density at radius 2 is 2.11 bits per heavy atom. The van der Waals surface area contributed by atoms with Gasteiger partial charge in [0.25, 0.3) is 0 Å². The zero-order valence-electron chi connectivity index (χ0n) is 10.7. The average molecular weight is 323 g/mol. The van der Waals surface area contributed by atoms with Crippen molar-refractivity contribution in [1.29, 1.82) is 0 Å². The van der Waals surface area contributed by atoms with E-state index in [1.54, 1.807) is 24.5 Å². The van der Waals surface area contributed by atoms with Crippen molar-refractivity contribution in [2.24, 2.45) is 5.73 Å². The summed E-state index contributed by atoms with van der Waals surface area (Å²) in [7, 11) is 0. The molecule has 19 heavy (non-hydrogen) atoms. The van der Waals surface area contributed by atoms with Gasteiger partial charge in [-0.05, 0) is 45.6 Å². The zero-order chi connectivity index (χ0) is 13.9. The molecule has 0 saturated carbocycles. The third kappa shape index (κ3) is 3.01. The topological polar surface area (TPSA) is 38.9 Å². The summed E-state index contributed by atoms with van der Waals surface area (Å²) < 4.78 is 14.7. The number of benzene rings is 1. The molecule has 1 aromatic carbocycles. The van der Waals surface area contributed by atoms with E-state index in [-0.39, 0.29) is 5.82 Å². The third-order valence-corrected chi connectivity index (χ3v) is 3.98. The fourth-order valence-corrected chi connectivity index (χ4v) is 2.57. The normalized spacial score (nSPS) is 14.1. The second kappa shape index (κ2) is 5.80. The summed E-state index contributed by atoms with van der Waals surface area (Å²) in [6, 6.07) is 9.18. The molecular formula is C15H16BrFN2. The van der Waals surface area contributed by atoms with Crippen molar-refractivity contribution in [3.05, 3.63) is 64.1 Å². The fourth-order valence-electron chi connectivity index (χ4n) is 2.20. The van der Waals surface area contributed by atoms with Crippen molar-refractivity contribution < 1.29 is 4.39 Å². The van der Waals surface area contributed by atoms with Crippen LogP contribution in [0.5, 0.6) is 0 Å². The molecule has 0 aliphatic heterocycles. The van der Waals surface area contributed by atoms with Crippen LogP contribution in [0.2, 0.25) is 0 Å². The van der Waals surface area contributed by atoms with Crippen molar-refractivity contribution in [2.75, 3.05) is 6.54 Å². The Hall–Kier alpha value is -1.26. The molecular weight excluding hydrogens is 307 g/mol. The fraction of sp³-hybridized carbons (Fsp3) is 0.267. The summed E-state index contributed by atoms with van der Waals surface area (Å²) in [5, 5.41) is 0. The van der Waals surface area contributed by atoms with Crippen LogP contribution < -0.4 is 5.73 Å². The highest BCUT2D eigenvalue weighted by Crippen LogP contribution is 2.32. The number of halogens is 2. The first-order valence-corrected chi connectivity index (χ1v) is 6.89. The second-order valence-electron chi connectivity index (χ2n) is 4.90. The van der Waals surface area contributed by atoms with Crippen molar-refractivity contribution in [3.63, 3.8) is 0 Å². The number of hydrogen-bond donors (Lipinski definition) is 1. The molecule has 0 amide bonds. The molecule has 2 N–H and O–H groups in total. The van der Waals surface area contributed by atoms with E-state index in [1.807, 2.05) is 25.1 Å². The smallest absolute Gasteiger partial charge is 0.141 e. The van der Waals surface area contributed by atoms with Crippen LogP contribution in [0, 0.1) is 5.82 Å².